The zero-order valence-corrected chi connectivity index (χ0v) is 10.2. The highest BCUT2D eigenvalue weighted by molar-refractivity contribution is 5.43. The minimum atomic E-state index is 0.411. The summed E-state index contributed by atoms with van der Waals surface area (Å²) in [6.45, 7) is 7.59. The first-order valence-corrected chi connectivity index (χ1v) is 5.94. The lowest BCUT2D eigenvalue weighted by Crippen LogP contribution is -2.11. The highest BCUT2D eigenvalue weighted by Crippen LogP contribution is 2.46. The first-order valence-electron chi connectivity index (χ1n) is 5.94. The molecule has 1 aromatic heterocycles. The Hall–Kier alpha value is -1.32. The molecule has 0 saturated heterocycles. The van der Waals surface area contributed by atoms with E-state index >= 15 is 0 Å². The number of anilines is 2. The molecule has 1 atom stereocenters. The Bertz CT molecular complexity index is 362. The molecule has 0 spiro atoms. The number of hydrogen-bond acceptors (Lipinski definition) is 4. The molecule has 0 aliphatic heterocycles. The van der Waals surface area contributed by atoms with Gasteiger partial charge in [-0.15, -0.1) is 0 Å². The molecule has 1 aromatic rings. The molecule has 1 saturated carbocycles. The standard InChI is InChI=1S/C12H20N4/c1-4-5-14-10-7-13-8-11(16-10)15-9-6-12(9,2)3/h7-9H,4-6H2,1-3H3,(H2,14,15,16). The number of nitrogens with one attached hydrogen (secondary N) is 2. The van der Waals surface area contributed by atoms with Gasteiger partial charge in [-0.3, -0.25) is 4.98 Å². The van der Waals surface area contributed by atoms with Gasteiger partial charge in [0.2, 0.25) is 0 Å². The van der Waals surface area contributed by atoms with Crippen molar-refractivity contribution in [3.8, 4) is 0 Å². The van der Waals surface area contributed by atoms with Crippen LogP contribution in [0.25, 0.3) is 0 Å². The summed E-state index contributed by atoms with van der Waals surface area (Å²) in [6, 6.07) is 0.545. The molecular formula is C12H20N4. The smallest absolute Gasteiger partial charge is 0.147 e. The molecule has 1 fully saturated rings. The van der Waals surface area contributed by atoms with E-state index in [-0.39, 0.29) is 0 Å². The molecule has 0 aromatic carbocycles. The minimum Gasteiger partial charge on any atom is -0.369 e. The molecule has 1 heterocycles. The van der Waals surface area contributed by atoms with E-state index in [4.69, 9.17) is 0 Å². The van der Waals surface area contributed by atoms with Crippen LogP contribution in [0.3, 0.4) is 0 Å². The monoisotopic (exact) mass is 220 g/mol. The molecule has 4 nitrogen and oxygen atoms in total. The zero-order chi connectivity index (χ0) is 11.6. The summed E-state index contributed by atoms with van der Waals surface area (Å²) in [7, 11) is 0. The predicted octanol–water partition coefficient (Wildman–Crippen LogP) is 2.51. The van der Waals surface area contributed by atoms with Crippen LogP contribution in [0.4, 0.5) is 11.6 Å². The molecular weight excluding hydrogens is 200 g/mol. The lowest BCUT2D eigenvalue weighted by atomic mass is 10.2. The molecule has 4 heteroatoms. The van der Waals surface area contributed by atoms with Crippen molar-refractivity contribution < 1.29 is 0 Å². The minimum absolute atomic E-state index is 0.411. The first kappa shape index (κ1) is 11.2. The topological polar surface area (TPSA) is 49.8 Å². The Labute approximate surface area is 96.9 Å². The van der Waals surface area contributed by atoms with Gasteiger partial charge in [-0.2, -0.15) is 0 Å². The molecule has 88 valence electrons. The van der Waals surface area contributed by atoms with E-state index in [9.17, 15) is 0 Å². The van der Waals surface area contributed by atoms with Crippen LogP contribution in [-0.2, 0) is 0 Å². The van der Waals surface area contributed by atoms with Crippen molar-refractivity contribution in [2.45, 2.75) is 39.7 Å². The molecule has 1 aliphatic rings. The Morgan fingerprint density at radius 1 is 1.38 bits per heavy atom. The molecule has 1 unspecified atom stereocenters. The maximum atomic E-state index is 4.47. The Morgan fingerprint density at radius 3 is 2.69 bits per heavy atom. The Kier molecular flexibility index (Phi) is 2.99. The first-order chi connectivity index (χ1) is 7.62. The highest BCUT2D eigenvalue weighted by atomic mass is 15.1. The summed E-state index contributed by atoms with van der Waals surface area (Å²) in [5.74, 6) is 1.72. The van der Waals surface area contributed by atoms with Crippen molar-refractivity contribution in [1.29, 1.82) is 0 Å². The van der Waals surface area contributed by atoms with Crippen LogP contribution in [0.15, 0.2) is 12.4 Å². The van der Waals surface area contributed by atoms with Gasteiger partial charge in [-0.1, -0.05) is 20.8 Å². The van der Waals surface area contributed by atoms with Gasteiger partial charge in [-0.25, -0.2) is 4.98 Å². The van der Waals surface area contributed by atoms with Crippen LogP contribution >= 0.6 is 0 Å². The van der Waals surface area contributed by atoms with Crippen molar-refractivity contribution in [2.24, 2.45) is 5.41 Å². The van der Waals surface area contributed by atoms with E-state index in [1.807, 2.05) is 0 Å². The van der Waals surface area contributed by atoms with Gasteiger partial charge in [0.05, 0.1) is 12.4 Å². The van der Waals surface area contributed by atoms with Gasteiger partial charge in [0.15, 0.2) is 0 Å². The van der Waals surface area contributed by atoms with Crippen LogP contribution in [0.2, 0.25) is 0 Å². The summed E-state index contributed by atoms with van der Waals surface area (Å²) >= 11 is 0. The highest BCUT2D eigenvalue weighted by Gasteiger charge is 2.45. The second-order valence-electron chi connectivity index (χ2n) is 5.11. The number of nitrogens with zero attached hydrogens (tertiary/aromatic N) is 2. The van der Waals surface area contributed by atoms with E-state index in [2.05, 4.69) is 41.4 Å². The quantitative estimate of drug-likeness (QED) is 0.800. The second kappa shape index (κ2) is 4.28. The normalized spacial score (nSPS) is 21.6. The van der Waals surface area contributed by atoms with Gasteiger partial charge < -0.3 is 10.6 Å². The van der Waals surface area contributed by atoms with Crippen molar-refractivity contribution in [3.05, 3.63) is 12.4 Å². The van der Waals surface area contributed by atoms with Crippen molar-refractivity contribution in [1.82, 2.24) is 9.97 Å². The number of hydrogen-bond donors (Lipinski definition) is 2. The fraction of sp³-hybridized carbons (Fsp3) is 0.667. The van der Waals surface area contributed by atoms with Crippen LogP contribution in [0, 0.1) is 5.41 Å². The summed E-state index contributed by atoms with van der Waals surface area (Å²) in [5, 5.41) is 6.64. The van der Waals surface area contributed by atoms with E-state index in [1.165, 1.54) is 6.42 Å². The van der Waals surface area contributed by atoms with Crippen LogP contribution in [0.1, 0.15) is 33.6 Å². The molecule has 0 amide bonds. The zero-order valence-electron chi connectivity index (χ0n) is 10.2. The van der Waals surface area contributed by atoms with Gasteiger partial charge in [0.1, 0.15) is 11.6 Å². The van der Waals surface area contributed by atoms with Gasteiger partial charge >= 0.3 is 0 Å². The summed E-state index contributed by atoms with van der Waals surface area (Å²) < 4.78 is 0. The maximum absolute atomic E-state index is 4.47. The average molecular weight is 220 g/mol. The van der Waals surface area contributed by atoms with E-state index < -0.39 is 0 Å². The lowest BCUT2D eigenvalue weighted by molar-refractivity contribution is 0.630. The fourth-order valence-corrected chi connectivity index (χ4v) is 1.67. The van der Waals surface area contributed by atoms with E-state index in [0.29, 0.717) is 11.5 Å². The summed E-state index contributed by atoms with van der Waals surface area (Å²) in [6.07, 6.45) is 5.85. The van der Waals surface area contributed by atoms with Gasteiger partial charge in [0.25, 0.3) is 0 Å². The summed E-state index contributed by atoms with van der Waals surface area (Å²) in [4.78, 5) is 8.65. The van der Waals surface area contributed by atoms with Crippen LogP contribution < -0.4 is 10.6 Å². The molecule has 16 heavy (non-hydrogen) atoms. The Morgan fingerprint density at radius 2 is 2.06 bits per heavy atom. The second-order valence-corrected chi connectivity index (χ2v) is 5.11. The fourth-order valence-electron chi connectivity index (χ4n) is 1.67. The van der Waals surface area contributed by atoms with Crippen molar-refractivity contribution in [3.63, 3.8) is 0 Å². The van der Waals surface area contributed by atoms with Crippen LogP contribution in [0.5, 0.6) is 0 Å². The molecule has 2 N–H and O–H groups in total. The third-order valence-corrected chi connectivity index (χ3v) is 3.03. The maximum Gasteiger partial charge on any atom is 0.147 e. The summed E-state index contributed by atoms with van der Waals surface area (Å²) in [5.41, 5.74) is 0.411. The largest absolute Gasteiger partial charge is 0.369 e. The number of rotatable bonds is 5. The molecule has 2 rings (SSSR count). The Balaban J connectivity index is 1.94. The predicted molar refractivity (Wildman–Crippen MR) is 66.6 cm³/mol. The third-order valence-electron chi connectivity index (χ3n) is 3.03. The molecule has 0 radical (unpaired) electrons. The van der Waals surface area contributed by atoms with Gasteiger partial charge in [-0.05, 0) is 18.3 Å². The number of aromatic nitrogens is 2. The SMILES string of the molecule is CCCNc1cncc(NC2CC2(C)C)n1. The van der Waals surface area contributed by atoms with Gasteiger partial charge in [0, 0.05) is 12.6 Å². The van der Waals surface area contributed by atoms with Crippen LogP contribution in [-0.4, -0.2) is 22.6 Å². The van der Waals surface area contributed by atoms with E-state index in [0.717, 1.165) is 24.6 Å². The third kappa shape index (κ3) is 2.62. The molecule has 0 bridgehead atoms. The van der Waals surface area contributed by atoms with Crippen molar-refractivity contribution >= 4 is 11.6 Å². The van der Waals surface area contributed by atoms with E-state index in [1.54, 1.807) is 12.4 Å². The van der Waals surface area contributed by atoms with Crippen molar-refractivity contribution in [2.75, 3.05) is 17.2 Å². The average Bonchev–Trinajstić information content (AvgIpc) is 2.83. The molecule has 1 aliphatic carbocycles. The lowest BCUT2D eigenvalue weighted by Gasteiger charge is -2.09.